The van der Waals surface area contributed by atoms with Crippen LogP contribution in [0.25, 0.3) is 0 Å². The smallest absolute Gasteiger partial charge is 0.341 e. The lowest BCUT2D eigenvalue weighted by molar-refractivity contribution is 0.0693. The first-order valence-electron chi connectivity index (χ1n) is 8.17. The van der Waals surface area contributed by atoms with Crippen molar-refractivity contribution in [3.8, 4) is 11.5 Å². The number of hydrogen-bond donors (Lipinski definition) is 2. The topological polar surface area (TPSA) is 66.8 Å². The van der Waals surface area contributed by atoms with Gasteiger partial charge in [-0.2, -0.15) is 0 Å². The van der Waals surface area contributed by atoms with Crippen LogP contribution in [0, 0.1) is 0 Å². The van der Waals surface area contributed by atoms with Gasteiger partial charge in [0, 0.05) is 0 Å². The molecule has 1 rings (SSSR count). The minimum atomic E-state index is -1.40. The molecule has 0 fully saturated rings. The molecule has 1 aromatic rings. The SMILES string of the molecule is CCCCCCCCCCOc1c(O)c(C(=O)O)c(Cl)c(Cl)c1Cl. The van der Waals surface area contributed by atoms with Crippen LogP contribution < -0.4 is 4.74 Å². The molecule has 0 atom stereocenters. The summed E-state index contributed by atoms with van der Waals surface area (Å²) in [6.07, 6.45) is 9.14. The molecular formula is C17H23Cl3O4. The van der Waals surface area contributed by atoms with Gasteiger partial charge >= 0.3 is 5.97 Å². The summed E-state index contributed by atoms with van der Waals surface area (Å²) in [6.45, 7) is 2.51. The van der Waals surface area contributed by atoms with Crippen LogP contribution in [0.15, 0.2) is 0 Å². The number of carbonyl (C=O) groups is 1. The minimum Gasteiger partial charge on any atom is -0.504 e. The molecule has 7 heteroatoms. The summed E-state index contributed by atoms with van der Waals surface area (Å²) in [6, 6.07) is 0. The van der Waals surface area contributed by atoms with Crippen LogP contribution >= 0.6 is 34.8 Å². The van der Waals surface area contributed by atoms with Crippen LogP contribution in [0.3, 0.4) is 0 Å². The number of carboxylic acid groups (broad SMARTS) is 1. The lowest BCUT2D eigenvalue weighted by atomic mass is 10.1. The number of aromatic hydroxyl groups is 1. The van der Waals surface area contributed by atoms with Crippen molar-refractivity contribution >= 4 is 40.8 Å². The zero-order valence-electron chi connectivity index (χ0n) is 13.7. The Bertz CT molecular complexity index is 562. The second kappa shape index (κ2) is 10.9. The van der Waals surface area contributed by atoms with Gasteiger partial charge in [0.2, 0.25) is 0 Å². The van der Waals surface area contributed by atoms with Crippen molar-refractivity contribution in [1.29, 1.82) is 0 Å². The molecule has 0 heterocycles. The van der Waals surface area contributed by atoms with E-state index in [1.54, 1.807) is 0 Å². The van der Waals surface area contributed by atoms with E-state index in [4.69, 9.17) is 44.6 Å². The molecule has 24 heavy (non-hydrogen) atoms. The third kappa shape index (κ3) is 5.91. The lowest BCUT2D eigenvalue weighted by Crippen LogP contribution is -2.04. The van der Waals surface area contributed by atoms with E-state index in [0.717, 1.165) is 19.3 Å². The molecule has 0 unspecified atom stereocenters. The van der Waals surface area contributed by atoms with Gasteiger partial charge in [-0.15, -0.1) is 0 Å². The van der Waals surface area contributed by atoms with Crippen molar-refractivity contribution < 1.29 is 19.7 Å². The van der Waals surface area contributed by atoms with Crippen LogP contribution in [-0.2, 0) is 0 Å². The van der Waals surface area contributed by atoms with Gasteiger partial charge in [-0.05, 0) is 6.42 Å². The maximum atomic E-state index is 11.2. The monoisotopic (exact) mass is 396 g/mol. The molecule has 4 nitrogen and oxygen atoms in total. The van der Waals surface area contributed by atoms with Crippen molar-refractivity contribution in [2.75, 3.05) is 6.61 Å². The number of carboxylic acids is 1. The number of halogens is 3. The fourth-order valence-corrected chi connectivity index (χ4v) is 3.10. The number of ether oxygens (including phenoxy) is 1. The standard InChI is InChI=1S/C17H23Cl3O4/c1-2-3-4-5-6-7-8-9-10-24-16-14(20)13(19)12(18)11(15(16)21)17(22)23/h21H,2-10H2,1H3,(H,22,23). The Labute approximate surface area is 157 Å². The molecule has 0 aliphatic rings. The number of benzene rings is 1. The maximum Gasteiger partial charge on any atom is 0.341 e. The second-order valence-corrected chi connectivity index (χ2v) is 6.76. The molecule has 0 amide bonds. The fraction of sp³-hybridized carbons (Fsp3) is 0.588. The van der Waals surface area contributed by atoms with Crippen molar-refractivity contribution in [3.63, 3.8) is 0 Å². The van der Waals surface area contributed by atoms with Crippen molar-refractivity contribution in [1.82, 2.24) is 0 Å². The van der Waals surface area contributed by atoms with E-state index in [1.165, 1.54) is 32.1 Å². The maximum absolute atomic E-state index is 11.2. The van der Waals surface area contributed by atoms with E-state index < -0.39 is 17.3 Å². The van der Waals surface area contributed by atoms with Crippen molar-refractivity contribution in [2.24, 2.45) is 0 Å². The second-order valence-electron chi connectivity index (χ2n) is 5.62. The highest BCUT2D eigenvalue weighted by molar-refractivity contribution is 6.50. The number of phenols is 1. The summed E-state index contributed by atoms with van der Waals surface area (Å²) in [5.41, 5.74) is -0.503. The fourth-order valence-electron chi connectivity index (χ4n) is 2.36. The quantitative estimate of drug-likeness (QED) is 0.327. The molecule has 136 valence electrons. The largest absolute Gasteiger partial charge is 0.504 e. The van der Waals surface area contributed by atoms with Crippen LogP contribution in [-0.4, -0.2) is 22.8 Å². The summed E-state index contributed by atoms with van der Waals surface area (Å²) in [7, 11) is 0. The summed E-state index contributed by atoms with van der Waals surface area (Å²) in [4.78, 5) is 11.2. The molecule has 0 aromatic heterocycles. The van der Waals surface area contributed by atoms with Crippen LogP contribution in [0.2, 0.25) is 15.1 Å². The first-order valence-corrected chi connectivity index (χ1v) is 9.30. The molecule has 0 aliphatic heterocycles. The van der Waals surface area contributed by atoms with Gasteiger partial charge in [-0.25, -0.2) is 4.79 Å². The summed E-state index contributed by atoms with van der Waals surface area (Å²) in [5, 5.41) is 18.6. The Balaban J connectivity index is 2.52. The normalized spacial score (nSPS) is 10.8. The summed E-state index contributed by atoms with van der Waals surface area (Å²) >= 11 is 17.7. The molecule has 0 saturated carbocycles. The van der Waals surface area contributed by atoms with Gasteiger partial charge in [-0.3, -0.25) is 0 Å². The third-order valence-electron chi connectivity index (χ3n) is 3.71. The highest BCUT2D eigenvalue weighted by atomic mass is 35.5. The zero-order chi connectivity index (χ0) is 18.1. The molecule has 0 bridgehead atoms. The molecule has 0 saturated heterocycles. The van der Waals surface area contributed by atoms with Crippen molar-refractivity contribution in [3.05, 3.63) is 20.6 Å². The zero-order valence-corrected chi connectivity index (χ0v) is 16.0. The van der Waals surface area contributed by atoms with Gasteiger partial charge in [0.25, 0.3) is 0 Å². The van der Waals surface area contributed by atoms with E-state index >= 15 is 0 Å². The predicted molar refractivity (Wildman–Crippen MR) is 98.2 cm³/mol. The van der Waals surface area contributed by atoms with Crippen molar-refractivity contribution in [2.45, 2.75) is 58.3 Å². The van der Waals surface area contributed by atoms with Gasteiger partial charge in [0.1, 0.15) is 10.6 Å². The number of unbranched alkanes of at least 4 members (excludes halogenated alkanes) is 7. The summed E-state index contributed by atoms with van der Waals surface area (Å²) in [5.74, 6) is -2.12. The molecule has 0 radical (unpaired) electrons. The highest BCUT2D eigenvalue weighted by Crippen LogP contribution is 2.47. The first kappa shape index (κ1) is 21.2. The Morgan fingerprint density at radius 2 is 1.46 bits per heavy atom. The Hall–Kier alpha value is -0.840. The molecule has 0 aliphatic carbocycles. The first-order chi connectivity index (χ1) is 11.4. The van der Waals surface area contributed by atoms with E-state index in [-0.39, 0.29) is 20.8 Å². The predicted octanol–water partition coefficient (Wildman–Crippen LogP) is 6.57. The summed E-state index contributed by atoms with van der Waals surface area (Å²) < 4.78 is 5.45. The average molecular weight is 398 g/mol. The minimum absolute atomic E-state index is 0.0799. The van der Waals surface area contributed by atoms with E-state index in [9.17, 15) is 9.90 Å². The van der Waals surface area contributed by atoms with Crippen LogP contribution in [0.4, 0.5) is 0 Å². The van der Waals surface area contributed by atoms with Gasteiger partial charge < -0.3 is 14.9 Å². The Kier molecular flexibility index (Phi) is 9.64. The van der Waals surface area contributed by atoms with E-state index in [1.807, 2.05) is 0 Å². The van der Waals surface area contributed by atoms with Crippen LogP contribution in [0.5, 0.6) is 11.5 Å². The van der Waals surface area contributed by atoms with Crippen LogP contribution in [0.1, 0.15) is 68.6 Å². The van der Waals surface area contributed by atoms with E-state index in [2.05, 4.69) is 6.92 Å². The van der Waals surface area contributed by atoms with Gasteiger partial charge in [-0.1, -0.05) is 86.7 Å². The average Bonchev–Trinajstić information content (AvgIpc) is 2.53. The number of hydrogen-bond acceptors (Lipinski definition) is 3. The number of aromatic carboxylic acids is 1. The molecule has 1 aromatic carbocycles. The van der Waals surface area contributed by atoms with Gasteiger partial charge in [0.15, 0.2) is 11.5 Å². The van der Waals surface area contributed by atoms with E-state index in [0.29, 0.717) is 6.61 Å². The molecule has 2 N–H and O–H groups in total. The number of rotatable bonds is 11. The molecular weight excluding hydrogens is 375 g/mol. The highest BCUT2D eigenvalue weighted by Gasteiger charge is 2.26. The Morgan fingerprint density at radius 1 is 0.917 bits per heavy atom. The molecule has 0 spiro atoms. The third-order valence-corrected chi connectivity index (χ3v) is 5.02. The van der Waals surface area contributed by atoms with Gasteiger partial charge in [0.05, 0.1) is 16.7 Å². The Morgan fingerprint density at radius 3 is 2.00 bits per heavy atom. The lowest BCUT2D eigenvalue weighted by Gasteiger charge is -2.14.